The van der Waals surface area contributed by atoms with Crippen molar-refractivity contribution in [1.29, 1.82) is 0 Å². The second-order valence-electron chi connectivity index (χ2n) is 10.2. The minimum atomic E-state index is -0.686. The Bertz CT molecular complexity index is 1960. The quantitative estimate of drug-likeness (QED) is 0.0573. The molecular weight excluding hydrogens is 635 g/mol. The van der Waals surface area contributed by atoms with Crippen molar-refractivity contribution in [2.45, 2.75) is 24.0 Å². The lowest BCUT2D eigenvalue weighted by atomic mass is 10.1. The van der Waals surface area contributed by atoms with E-state index in [0.717, 1.165) is 16.1 Å². The number of hydrogen-bond acceptors (Lipinski definition) is 8. The maximum atomic E-state index is 13.5. The molecule has 5 rings (SSSR count). The van der Waals surface area contributed by atoms with Gasteiger partial charge in [0.05, 0.1) is 21.4 Å². The minimum absolute atomic E-state index is 0.145. The second kappa shape index (κ2) is 15.1. The van der Waals surface area contributed by atoms with Crippen molar-refractivity contribution in [2.75, 3.05) is 10.6 Å². The van der Waals surface area contributed by atoms with Crippen LogP contribution in [0, 0.1) is 17.0 Å². The van der Waals surface area contributed by atoms with Crippen LogP contribution < -0.4 is 16.0 Å². The van der Waals surface area contributed by atoms with E-state index in [1.165, 1.54) is 47.4 Å². The maximum absolute atomic E-state index is 13.5. The third kappa shape index (κ3) is 8.57. The van der Waals surface area contributed by atoms with Crippen molar-refractivity contribution in [3.05, 3.63) is 141 Å². The molecule has 1 heterocycles. The van der Waals surface area contributed by atoms with Crippen molar-refractivity contribution in [1.82, 2.24) is 10.3 Å². The molecule has 0 aliphatic heterocycles. The van der Waals surface area contributed by atoms with Gasteiger partial charge in [0.25, 0.3) is 17.5 Å². The summed E-state index contributed by atoms with van der Waals surface area (Å²) in [6, 6.07) is 30.9. The fourth-order valence-corrected chi connectivity index (χ4v) is 6.26. The standard InChI is InChI=1S/C35H29N5O5S2/c1-22-31(24-12-5-3-6-13-24)38-35(47-22)39-32(41)23(2)46-28-18-11-17-27(21-28)36-34(43)29(37-33(42)25-14-7-4-8-15-25)20-26-16-9-10-19-30(26)40(44)45/h3-21,23H,1-2H3,(H,36,43)(H,37,42)(H,38,39,41)/b29-20+. The molecule has 236 valence electrons. The van der Waals surface area contributed by atoms with E-state index in [1.807, 2.05) is 43.3 Å². The van der Waals surface area contributed by atoms with Crippen LogP contribution in [-0.4, -0.2) is 32.9 Å². The first kappa shape index (κ1) is 32.8. The molecule has 10 nitrogen and oxygen atoms in total. The average Bonchev–Trinajstić information content (AvgIpc) is 3.44. The summed E-state index contributed by atoms with van der Waals surface area (Å²) < 4.78 is 0. The lowest BCUT2D eigenvalue weighted by molar-refractivity contribution is -0.385. The van der Waals surface area contributed by atoms with Crippen LogP contribution >= 0.6 is 23.1 Å². The van der Waals surface area contributed by atoms with Gasteiger partial charge in [-0.1, -0.05) is 66.7 Å². The van der Waals surface area contributed by atoms with Gasteiger partial charge in [-0.25, -0.2) is 4.98 Å². The summed E-state index contributed by atoms with van der Waals surface area (Å²) in [5.74, 6) is -1.47. The van der Waals surface area contributed by atoms with Crippen LogP contribution in [0.5, 0.6) is 0 Å². The Labute approximate surface area is 279 Å². The number of carbonyl (C=O) groups is 3. The molecule has 47 heavy (non-hydrogen) atoms. The minimum Gasteiger partial charge on any atom is -0.321 e. The predicted molar refractivity (Wildman–Crippen MR) is 186 cm³/mol. The zero-order valence-corrected chi connectivity index (χ0v) is 26.9. The van der Waals surface area contributed by atoms with Crippen LogP contribution in [0.15, 0.2) is 120 Å². The lowest BCUT2D eigenvalue weighted by Gasteiger charge is -2.13. The predicted octanol–water partition coefficient (Wildman–Crippen LogP) is 7.56. The van der Waals surface area contributed by atoms with Crippen LogP contribution in [0.1, 0.15) is 27.7 Å². The van der Waals surface area contributed by atoms with Gasteiger partial charge in [0.1, 0.15) is 5.70 Å². The van der Waals surface area contributed by atoms with E-state index < -0.39 is 22.0 Å². The molecule has 1 aromatic heterocycles. The number of benzene rings is 4. The number of nitro benzene ring substituents is 1. The lowest BCUT2D eigenvalue weighted by Crippen LogP contribution is -2.30. The first-order valence-electron chi connectivity index (χ1n) is 14.4. The highest BCUT2D eigenvalue weighted by Gasteiger charge is 2.20. The molecule has 0 aliphatic carbocycles. The average molecular weight is 664 g/mol. The van der Waals surface area contributed by atoms with Gasteiger partial charge in [-0.2, -0.15) is 0 Å². The number of para-hydroxylation sites is 1. The monoisotopic (exact) mass is 663 g/mol. The molecular formula is C35H29N5O5S2. The van der Waals surface area contributed by atoms with Crippen molar-refractivity contribution in [3.8, 4) is 11.3 Å². The summed E-state index contributed by atoms with van der Waals surface area (Å²) in [7, 11) is 0. The number of rotatable bonds is 11. The van der Waals surface area contributed by atoms with E-state index in [2.05, 4.69) is 20.9 Å². The molecule has 0 radical (unpaired) electrons. The summed E-state index contributed by atoms with van der Waals surface area (Å²) in [6.07, 6.45) is 1.27. The summed E-state index contributed by atoms with van der Waals surface area (Å²) >= 11 is 2.70. The number of carbonyl (C=O) groups excluding carboxylic acids is 3. The number of amides is 3. The Kier molecular flexibility index (Phi) is 10.6. The molecule has 3 N–H and O–H groups in total. The Morgan fingerprint density at radius 1 is 0.894 bits per heavy atom. The van der Waals surface area contributed by atoms with Gasteiger partial charge in [0, 0.05) is 32.7 Å². The number of nitrogens with zero attached hydrogens (tertiary/aromatic N) is 2. The molecule has 4 aromatic carbocycles. The van der Waals surface area contributed by atoms with Gasteiger partial charge in [0.15, 0.2) is 5.13 Å². The fraction of sp³-hybridized carbons (Fsp3) is 0.0857. The molecule has 0 bridgehead atoms. The first-order valence-corrected chi connectivity index (χ1v) is 16.1. The molecule has 1 atom stereocenters. The van der Waals surface area contributed by atoms with Gasteiger partial charge in [-0.05, 0) is 56.3 Å². The molecule has 12 heteroatoms. The molecule has 0 spiro atoms. The van der Waals surface area contributed by atoms with Gasteiger partial charge in [-0.3, -0.25) is 24.5 Å². The van der Waals surface area contributed by atoms with Crippen molar-refractivity contribution >= 4 is 63.4 Å². The number of nitrogens with one attached hydrogen (secondary N) is 3. The van der Waals surface area contributed by atoms with Gasteiger partial charge in [-0.15, -0.1) is 23.1 Å². The number of aryl methyl sites for hydroxylation is 1. The summed E-state index contributed by atoms with van der Waals surface area (Å²) in [4.78, 5) is 56.9. The largest absolute Gasteiger partial charge is 0.321 e. The molecule has 0 fully saturated rings. The number of hydrogen-bond donors (Lipinski definition) is 3. The van der Waals surface area contributed by atoms with Crippen LogP contribution in [0.3, 0.4) is 0 Å². The number of aromatic nitrogens is 1. The van der Waals surface area contributed by atoms with Crippen molar-refractivity contribution in [2.24, 2.45) is 0 Å². The number of nitro groups is 1. The molecule has 3 amide bonds. The zero-order valence-electron chi connectivity index (χ0n) is 25.3. The number of anilines is 2. The number of thioether (sulfide) groups is 1. The van der Waals surface area contributed by atoms with Crippen LogP contribution in [0.4, 0.5) is 16.5 Å². The highest BCUT2D eigenvalue weighted by molar-refractivity contribution is 8.00. The molecule has 0 saturated heterocycles. The summed E-state index contributed by atoms with van der Waals surface area (Å²) in [5, 5.41) is 19.9. The van der Waals surface area contributed by atoms with Crippen LogP contribution in [0.2, 0.25) is 0 Å². The number of thiazole rings is 1. The summed E-state index contributed by atoms with van der Waals surface area (Å²) in [5.41, 5.74) is 2.25. The van der Waals surface area contributed by atoms with Crippen LogP contribution in [-0.2, 0) is 9.59 Å². The van der Waals surface area contributed by atoms with Gasteiger partial charge in [0.2, 0.25) is 5.91 Å². The van der Waals surface area contributed by atoms with E-state index >= 15 is 0 Å². The smallest absolute Gasteiger partial charge is 0.276 e. The zero-order chi connectivity index (χ0) is 33.3. The fourth-order valence-electron chi connectivity index (χ4n) is 4.50. The maximum Gasteiger partial charge on any atom is 0.276 e. The van der Waals surface area contributed by atoms with E-state index in [-0.39, 0.29) is 22.9 Å². The molecule has 5 aromatic rings. The third-order valence-corrected chi connectivity index (χ3v) is 8.79. The van der Waals surface area contributed by atoms with Crippen LogP contribution in [0.25, 0.3) is 17.3 Å². The molecule has 0 saturated carbocycles. The highest BCUT2D eigenvalue weighted by atomic mass is 32.2. The van der Waals surface area contributed by atoms with Gasteiger partial charge < -0.3 is 16.0 Å². The Hall–Kier alpha value is -5.59. The molecule has 1 unspecified atom stereocenters. The van der Waals surface area contributed by atoms with E-state index in [9.17, 15) is 24.5 Å². The highest BCUT2D eigenvalue weighted by Crippen LogP contribution is 2.32. The third-order valence-electron chi connectivity index (χ3n) is 6.81. The Morgan fingerprint density at radius 3 is 2.30 bits per heavy atom. The summed E-state index contributed by atoms with van der Waals surface area (Å²) in [6.45, 7) is 3.74. The first-order chi connectivity index (χ1) is 22.7. The molecule has 0 aliphatic rings. The van der Waals surface area contributed by atoms with E-state index in [1.54, 1.807) is 61.5 Å². The second-order valence-corrected chi connectivity index (χ2v) is 12.8. The normalized spacial score (nSPS) is 11.7. The van der Waals surface area contributed by atoms with E-state index in [0.29, 0.717) is 21.3 Å². The Balaban J connectivity index is 1.30. The topological polar surface area (TPSA) is 143 Å². The SMILES string of the molecule is Cc1sc(NC(=O)C(C)Sc2cccc(NC(=O)/C(=C\c3ccccc3[N+](=O)[O-])NC(=O)c3ccccc3)c2)nc1-c1ccccc1. The van der Waals surface area contributed by atoms with Gasteiger partial charge >= 0.3 is 0 Å². The van der Waals surface area contributed by atoms with Crippen molar-refractivity contribution < 1.29 is 19.3 Å². The Morgan fingerprint density at radius 2 is 1.57 bits per heavy atom. The van der Waals surface area contributed by atoms with E-state index in [4.69, 9.17) is 0 Å². The van der Waals surface area contributed by atoms with Crippen molar-refractivity contribution in [3.63, 3.8) is 0 Å².